The maximum atomic E-state index is 13.1. The lowest BCUT2D eigenvalue weighted by Crippen LogP contribution is -2.48. The van der Waals surface area contributed by atoms with E-state index in [1.807, 2.05) is 65.6 Å². The van der Waals surface area contributed by atoms with Crippen LogP contribution in [-0.2, 0) is 25.6 Å². The largest absolute Gasteiger partial charge is 0.496 e. The second-order valence-electron chi connectivity index (χ2n) is 11.4. The number of piperidine rings is 1. The summed E-state index contributed by atoms with van der Waals surface area (Å²) < 4.78 is 35.1. The van der Waals surface area contributed by atoms with Gasteiger partial charge in [0.25, 0.3) is 0 Å². The Morgan fingerprint density at radius 1 is 0.956 bits per heavy atom. The van der Waals surface area contributed by atoms with E-state index >= 15 is 0 Å². The zero-order chi connectivity index (χ0) is 31.3. The van der Waals surface area contributed by atoms with Gasteiger partial charge in [-0.3, -0.25) is 4.79 Å². The summed E-state index contributed by atoms with van der Waals surface area (Å²) in [6.45, 7) is 4.85. The Bertz CT molecular complexity index is 1330. The molecule has 0 aliphatic carbocycles. The molecule has 3 aromatic rings. The maximum absolute atomic E-state index is 13.1. The van der Waals surface area contributed by atoms with Crippen molar-refractivity contribution in [3.05, 3.63) is 83.9 Å². The SMILES string of the molecule is COCCCC(=O)N1C[C@H](CO[C@@H]2CNCCC2c2ccc(OCCCOCc3ccccc3OC)cc2)Oc2ccccc21. The fourth-order valence-electron chi connectivity index (χ4n) is 5.91. The van der Waals surface area contributed by atoms with Gasteiger partial charge in [0.2, 0.25) is 5.91 Å². The van der Waals surface area contributed by atoms with E-state index in [1.54, 1.807) is 14.2 Å². The molecule has 3 atom stereocenters. The average molecular weight is 619 g/mol. The Morgan fingerprint density at radius 2 is 1.78 bits per heavy atom. The number of benzene rings is 3. The van der Waals surface area contributed by atoms with Gasteiger partial charge in [0.05, 0.1) is 51.9 Å². The van der Waals surface area contributed by atoms with Crippen LogP contribution < -0.4 is 24.4 Å². The summed E-state index contributed by atoms with van der Waals surface area (Å²) in [5.74, 6) is 2.74. The topological polar surface area (TPSA) is 87.7 Å². The predicted octanol–water partition coefficient (Wildman–Crippen LogP) is 5.36. The van der Waals surface area contributed by atoms with E-state index in [0.717, 1.165) is 48.7 Å². The lowest BCUT2D eigenvalue weighted by Gasteiger charge is -2.37. The van der Waals surface area contributed by atoms with E-state index in [1.165, 1.54) is 5.56 Å². The molecule has 0 bridgehead atoms. The average Bonchev–Trinajstić information content (AvgIpc) is 3.09. The van der Waals surface area contributed by atoms with Crippen LogP contribution in [0.1, 0.15) is 42.7 Å². The van der Waals surface area contributed by atoms with E-state index in [9.17, 15) is 4.79 Å². The van der Waals surface area contributed by atoms with Crippen LogP contribution in [-0.4, -0.2) is 78.4 Å². The van der Waals surface area contributed by atoms with Crippen LogP contribution in [0.15, 0.2) is 72.8 Å². The van der Waals surface area contributed by atoms with Crippen molar-refractivity contribution in [1.29, 1.82) is 0 Å². The van der Waals surface area contributed by atoms with Gasteiger partial charge in [0.1, 0.15) is 23.4 Å². The first-order chi connectivity index (χ1) is 22.2. The molecule has 0 radical (unpaired) electrons. The molecular weight excluding hydrogens is 572 g/mol. The number of amides is 1. The Labute approximate surface area is 266 Å². The molecule has 3 aromatic carbocycles. The molecule has 242 valence electrons. The monoisotopic (exact) mass is 618 g/mol. The molecule has 5 rings (SSSR count). The smallest absolute Gasteiger partial charge is 0.227 e. The molecule has 1 unspecified atom stereocenters. The highest BCUT2D eigenvalue weighted by molar-refractivity contribution is 5.95. The van der Waals surface area contributed by atoms with E-state index < -0.39 is 0 Å². The Morgan fingerprint density at radius 3 is 2.62 bits per heavy atom. The molecule has 1 saturated heterocycles. The minimum Gasteiger partial charge on any atom is -0.496 e. The van der Waals surface area contributed by atoms with Gasteiger partial charge < -0.3 is 38.6 Å². The summed E-state index contributed by atoms with van der Waals surface area (Å²) in [5, 5.41) is 3.48. The summed E-state index contributed by atoms with van der Waals surface area (Å²) >= 11 is 0. The molecular formula is C36H46N2O7. The lowest BCUT2D eigenvalue weighted by atomic mass is 9.87. The highest BCUT2D eigenvalue weighted by Gasteiger charge is 2.32. The fourth-order valence-corrected chi connectivity index (χ4v) is 5.91. The minimum atomic E-state index is -0.247. The molecule has 1 fully saturated rings. The van der Waals surface area contributed by atoms with Crippen LogP contribution in [0, 0.1) is 0 Å². The van der Waals surface area contributed by atoms with Gasteiger partial charge in [0, 0.05) is 44.6 Å². The Kier molecular flexibility index (Phi) is 12.5. The van der Waals surface area contributed by atoms with Crippen molar-refractivity contribution in [1.82, 2.24) is 5.32 Å². The number of anilines is 1. The molecule has 9 nitrogen and oxygen atoms in total. The molecule has 1 amide bonds. The van der Waals surface area contributed by atoms with Crippen molar-refractivity contribution >= 4 is 11.6 Å². The third-order valence-electron chi connectivity index (χ3n) is 8.26. The van der Waals surface area contributed by atoms with E-state index in [2.05, 4.69) is 17.4 Å². The van der Waals surface area contributed by atoms with Crippen molar-refractivity contribution in [3.63, 3.8) is 0 Å². The standard InChI is InChI=1S/C36H46N2O7/c1-40-20-7-13-36(39)38-24-30(45-34-12-6-4-10-32(34)38)26-44-35-23-37-19-18-31(35)27-14-16-29(17-15-27)43-22-8-21-42-25-28-9-3-5-11-33(28)41-2/h3-6,9-12,14-17,30-31,35,37H,7-8,13,18-26H2,1-2H3/t30-,31?,35-/m1/s1. The lowest BCUT2D eigenvalue weighted by molar-refractivity contribution is -0.119. The first-order valence-corrected chi connectivity index (χ1v) is 16.0. The second kappa shape index (κ2) is 17.2. The number of para-hydroxylation sites is 3. The predicted molar refractivity (Wildman–Crippen MR) is 173 cm³/mol. The zero-order valence-electron chi connectivity index (χ0n) is 26.5. The van der Waals surface area contributed by atoms with Crippen LogP contribution in [0.25, 0.3) is 0 Å². The number of rotatable bonds is 16. The highest BCUT2D eigenvalue weighted by Crippen LogP contribution is 2.35. The quantitative estimate of drug-likeness (QED) is 0.215. The number of fused-ring (bicyclic) bond motifs is 1. The molecule has 45 heavy (non-hydrogen) atoms. The van der Waals surface area contributed by atoms with E-state index in [0.29, 0.717) is 58.2 Å². The maximum Gasteiger partial charge on any atom is 0.227 e. The Hall–Kier alpha value is -3.63. The first kappa shape index (κ1) is 32.8. The molecule has 0 saturated carbocycles. The fraction of sp³-hybridized carbons (Fsp3) is 0.472. The van der Waals surface area contributed by atoms with Crippen LogP contribution in [0.4, 0.5) is 5.69 Å². The van der Waals surface area contributed by atoms with Gasteiger partial charge >= 0.3 is 0 Å². The molecule has 0 aromatic heterocycles. The van der Waals surface area contributed by atoms with Crippen molar-refractivity contribution < 1.29 is 33.2 Å². The number of methoxy groups -OCH3 is 2. The van der Waals surface area contributed by atoms with Crippen LogP contribution in [0.2, 0.25) is 0 Å². The number of hydrogen-bond donors (Lipinski definition) is 1. The summed E-state index contributed by atoms with van der Waals surface area (Å²) in [7, 11) is 3.33. The minimum absolute atomic E-state index is 0.00229. The molecule has 2 heterocycles. The molecule has 0 spiro atoms. The Balaban J connectivity index is 1.09. The molecule has 1 N–H and O–H groups in total. The van der Waals surface area contributed by atoms with Crippen LogP contribution in [0.5, 0.6) is 17.2 Å². The van der Waals surface area contributed by atoms with Gasteiger partial charge in [-0.25, -0.2) is 0 Å². The number of carbonyl (C=O) groups excluding carboxylic acids is 1. The molecule has 9 heteroatoms. The van der Waals surface area contributed by atoms with Crippen molar-refractivity contribution in [3.8, 4) is 17.2 Å². The van der Waals surface area contributed by atoms with Crippen molar-refractivity contribution in [2.45, 2.75) is 50.4 Å². The summed E-state index contributed by atoms with van der Waals surface area (Å²) in [6.07, 6.45) is 2.65. The van der Waals surface area contributed by atoms with E-state index in [4.69, 9.17) is 28.4 Å². The van der Waals surface area contributed by atoms with Gasteiger partial charge in [-0.1, -0.05) is 42.5 Å². The van der Waals surface area contributed by atoms with E-state index in [-0.39, 0.29) is 24.0 Å². The van der Waals surface area contributed by atoms with Crippen LogP contribution >= 0.6 is 0 Å². The highest BCUT2D eigenvalue weighted by atomic mass is 16.5. The first-order valence-electron chi connectivity index (χ1n) is 16.0. The number of carbonyl (C=O) groups is 1. The van der Waals surface area contributed by atoms with Gasteiger partial charge in [0.15, 0.2) is 0 Å². The molecule has 2 aliphatic rings. The van der Waals surface area contributed by atoms with Gasteiger partial charge in [-0.05, 0) is 55.3 Å². The summed E-state index contributed by atoms with van der Waals surface area (Å²) in [5.41, 5.74) is 3.09. The van der Waals surface area contributed by atoms with Crippen molar-refractivity contribution in [2.24, 2.45) is 0 Å². The zero-order valence-corrected chi connectivity index (χ0v) is 26.5. The molecule has 2 aliphatic heterocycles. The summed E-state index contributed by atoms with van der Waals surface area (Å²) in [4.78, 5) is 14.9. The third-order valence-corrected chi connectivity index (χ3v) is 8.26. The number of ether oxygens (including phenoxy) is 6. The normalized spacial score (nSPS) is 19.4. The summed E-state index contributed by atoms with van der Waals surface area (Å²) in [6, 6.07) is 24.0. The number of nitrogens with zero attached hydrogens (tertiary/aromatic N) is 1. The van der Waals surface area contributed by atoms with Crippen molar-refractivity contribution in [2.75, 3.05) is 65.2 Å². The van der Waals surface area contributed by atoms with Crippen LogP contribution in [0.3, 0.4) is 0 Å². The third kappa shape index (κ3) is 9.20. The number of hydrogen-bond acceptors (Lipinski definition) is 8. The van der Waals surface area contributed by atoms with Gasteiger partial charge in [-0.2, -0.15) is 0 Å². The second-order valence-corrected chi connectivity index (χ2v) is 11.4. The number of nitrogens with one attached hydrogen (secondary N) is 1. The van der Waals surface area contributed by atoms with Gasteiger partial charge in [-0.15, -0.1) is 0 Å².